The zero-order valence-corrected chi connectivity index (χ0v) is 17.8. The van der Waals surface area contributed by atoms with Crippen LogP contribution in [0.4, 0.5) is 5.69 Å². The molecule has 1 fully saturated rings. The lowest BCUT2D eigenvalue weighted by Crippen LogP contribution is -2.25. The van der Waals surface area contributed by atoms with Crippen molar-refractivity contribution in [3.63, 3.8) is 0 Å². The van der Waals surface area contributed by atoms with E-state index in [2.05, 4.69) is 15.4 Å². The van der Waals surface area contributed by atoms with Gasteiger partial charge in [0.05, 0.1) is 4.90 Å². The maximum absolute atomic E-state index is 12.9. The average molecular weight is 427 g/mol. The van der Waals surface area contributed by atoms with Crippen LogP contribution in [0.5, 0.6) is 0 Å². The zero-order chi connectivity index (χ0) is 21.1. The molecule has 1 aromatic carbocycles. The molecule has 2 aliphatic rings. The zero-order valence-electron chi connectivity index (χ0n) is 17.0. The van der Waals surface area contributed by atoms with Crippen molar-refractivity contribution in [3.05, 3.63) is 54.6 Å². The van der Waals surface area contributed by atoms with E-state index in [9.17, 15) is 13.2 Å². The number of hydrogen-bond acceptors (Lipinski definition) is 5. The van der Waals surface area contributed by atoms with Gasteiger partial charge < -0.3 is 5.32 Å². The molecule has 0 saturated heterocycles. The molecule has 158 valence electrons. The van der Waals surface area contributed by atoms with Gasteiger partial charge in [-0.2, -0.15) is 8.42 Å². The first-order chi connectivity index (χ1) is 14.4. The molecule has 2 aromatic rings. The maximum Gasteiger partial charge on any atom is 0.284 e. The molecule has 8 heteroatoms. The van der Waals surface area contributed by atoms with Gasteiger partial charge >= 0.3 is 0 Å². The van der Waals surface area contributed by atoms with Gasteiger partial charge in [0.2, 0.25) is 5.91 Å². The van der Waals surface area contributed by atoms with Crippen molar-refractivity contribution in [2.45, 2.75) is 50.3 Å². The largest absolute Gasteiger partial charge is 0.326 e. The summed E-state index contributed by atoms with van der Waals surface area (Å²) in [6, 6.07) is 6.16. The van der Waals surface area contributed by atoms with Crippen LogP contribution in [0.15, 0.2) is 53.7 Å². The van der Waals surface area contributed by atoms with Gasteiger partial charge in [-0.25, -0.2) is 4.98 Å². The van der Waals surface area contributed by atoms with Crippen molar-refractivity contribution in [1.29, 1.82) is 0 Å². The first kappa shape index (κ1) is 20.5. The van der Waals surface area contributed by atoms with E-state index >= 15 is 0 Å². The highest BCUT2D eigenvalue weighted by Gasteiger charge is 2.24. The van der Waals surface area contributed by atoms with Crippen molar-refractivity contribution >= 4 is 27.2 Å². The summed E-state index contributed by atoms with van der Waals surface area (Å²) in [6.45, 7) is 1.94. The highest BCUT2D eigenvalue weighted by molar-refractivity contribution is 7.89. The fourth-order valence-corrected chi connectivity index (χ4v) is 4.77. The second-order valence-corrected chi connectivity index (χ2v) is 9.85. The third-order valence-corrected chi connectivity index (χ3v) is 7.33. The third-order valence-electron chi connectivity index (χ3n) is 5.80. The van der Waals surface area contributed by atoms with Crippen molar-refractivity contribution in [2.75, 3.05) is 5.32 Å². The fraction of sp³-hybridized carbons (Fsp3) is 0.409. The number of anilines is 1. The first-order valence-corrected chi connectivity index (χ1v) is 11.8. The lowest BCUT2D eigenvalue weighted by atomic mass is 9.79. The summed E-state index contributed by atoms with van der Waals surface area (Å²) in [6.07, 6.45) is 13.4. The van der Waals surface area contributed by atoms with Crippen molar-refractivity contribution < 1.29 is 13.2 Å². The van der Waals surface area contributed by atoms with E-state index in [4.69, 9.17) is 0 Å². The predicted octanol–water partition coefficient (Wildman–Crippen LogP) is 4.01. The normalized spacial score (nSPS) is 17.8. The number of hydrogen-bond donors (Lipinski definition) is 1. The number of nitrogens with zero attached hydrogens (tertiary/aromatic N) is 3. The second-order valence-electron chi connectivity index (χ2n) is 8.05. The third kappa shape index (κ3) is 4.38. The van der Waals surface area contributed by atoms with Gasteiger partial charge in [-0.1, -0.05) is 44.4 Å². The van der Waals surface area contributed by atoms with E-state index < -0.39 is 10.0 Å². The molecule has 1 atom stereocenters. The van der Waals surface area contributed by atoms with Gasteiger partial charge in [0.1, 0.15) is 6.33 Å². The summed E-state index contributed by atoms with van der Waals surface area (Å²) in [5.74, 6) is 0.989. The smallest absolute Gasteiger partial charge is 0.284 e. The van der Waals surface area contributed by atoms with E-state index in [-0.39, 0.29) is 16.7 Å². The number of carbonyl (C=O) groups is 1. The van der Waals surface area contributed by atoms with Crippen LogP contribution in [-0.4, -0.2) is 28.5 Å². The predicted molar refractivity (Wildman–Crippen MR) is 115 cm³/mol. The monoisotopic (exact) mass is 426 g/mol. The Kier molecular flexibility index (Phi) is 5.85. The second kappa shape index (κ2) is 8.55. The quantitative estimate of drug-likeness (QED) is 0.722. The number of amides is 1. The molecule has 1 aromatic heterocycles. The number of nitrogens with one attached hydrogen (secondary N) is 1. The Morgan fingerprint density at radius 2 is 2.03 bits per heavy atom. The van der Waals surface area contributed by atoms with Gasteiger partial charge in [-0.15, -0.1) is 9.19 Å². The minimum atomic E-state index is -3.84. The van der Waals surface area contributed by atoms with E-state index in [1.807, 2.05) is 25.2 Å². The van der Waals surface area contributed by atoms with E-state index in [0.29, 0.717) is 17.4 Å². The highest BCUT2D eigenvalue weighted by atomic mass is 32.2. The lowest BCUT2D eigenvalue weighted by molar-refractivity contribution is -0.120. The Hall–Kier alpha value is -2.74. The molecule has 7 nitrogen and oxygen atoms in total. The molecular formula is C22H26N4O3S. The van der Waals surface area contributed by atoms with Gasteiger partial charge in [0.15, 0.2) is 5.82 Å². The Bertz CT molecular complexity index is 1080. The van der Waals surface area contributed by atoms with Gasteiger partial charge in [-0.05, 0) is 55.0 Å². The summed E-state index contributed by atoms with van der Waals surface area (Å²) in [5, 5.41) is 7.04. The first-order valence-electron chi connectivity index (χ1n) is 10.4. The summed E-state index contributed by atoms with van der Waals surface area (Å²) in [4.78, 5) is 16.6. The van der Waals surface area contributed by atoms with Gasteiger partial charge in [0, 0.05) is 11.6 Å². The van der Waals surface area contributed by atoms with Crippen LogP contribution in [0.1, 0.15) is 51.3 Å². The SMILES string of the molecule is CC(CC1CCC1)C(=O)Nc1ccc(S(=O)(=O)n2cnc(C3=CC=CCC3)n2)cc1. The summed E-state index contributed by atoms with van der Waals surface area (Å²) in [7, 11) is -3.84. The number of benzene rings is 1. The van der Waals surface area contributed by atoms with Crippen LogP contribution >= 0.6 is 0 Å². The molecule has 4 rings (SSSR count). The topological polar surface area (TPSA) is 94.0 Å². The van der Waals surface area contributed by atoms with E-state index in [1.54, 1.807) is 12.1 Å². The Morgan fingerprint density at radius 3 is 2.67 bits per heavy atom. The summed E-state index contributed by atoms with van der Waals surface area (Å²) in [5.41, 5.74) is 1.50. The molecule has 2 aliphatic carbocycles. The Balaban J connectivity index is 1.44. The molecule has 1 N–H and O–H groups in total. The van der Waals surface area contributed by atoms with Crippen molar-refractivity contribution in [1.82, 2.24) is 14.2 Å². The van der Waals surface area contributed by atoms with Crippen molar-refractivity contribution in [2.24, 2.45) is 11.8 Å². The molecular weight excluding hydrogens is 400 g/mol. The number of aromatic nitrogens is 3. The van der Waals surface area contributed by atoms with Crippen LogP contribution in [-0.2, 0) is 14.8 Å². The Labute approximate surface area is 177 Å². The lowest BCUT2D eigenvalue weighted by Gasteiger charge is -2.27. The van der Waals surface area contributed by atoms with Gasteiger partial charge in [-0.3, -0.25) is 4.79 Å². The molecule has 0 bridgehead atoms. The molecule has 30 heavy (non-hydrogen) atoms. The molecule has 0 spiro atoms. The van der Waals surface area contributed by atoms with Gasteiger partial charge in [0.25, 0.3) is 10.0 Å². The van der Waals surface area contributed by atoms with E-state index in [1.165, 1.54) is 37.7 Å². The summed E-state index contributed by atoms with van der Waals surface area (Å²) < 4.78 is 26.6. The van der Waals surface area contributed by atoms with Crippen LogP contribution in [0.25, 0.3) is 5.57 Å². The molecule has 1 unspecified atom stereocenters. The van der Waals surface area contributed by atoms with Crippen molar-refractivity contribution in [3.8, 4) is 0 Å². The standard InChI is InChI=1S/C22H26N4O3S/c1-16(14-17-6-5-7-17)22(27)24-19-10-12-20(13-11-19)30(28,29)26-15-23-21(25-26)18-8-3-2-4-9-18/h2-3,8,10-13,15-17H,4-7,9,14H2,1H3,(H,24,27). The maximum atomic E-state index is 12.9. The highest BCUT2D eigenvalue weighted by Crippen LogP contribution is 2.32. The Morgan fingerprint density at radius 1 is 1.27 bits per heavy atom. The van der Waals surface area contributed by atoms with Crippen LogP contribution in [0.2, 0.25) is 0 Å². The minimum absolute atomic E-state index is 0.0340. The molecule has 1 amide bonds. The number of allylic oxidation sites excluding steroid dienone is 4. The fourth-order valence-electron chi connectivity index (χ4n) is 3.72. The molecule has 1 saturated carbocycles. The molecule has 0 radical (unpaired) electrons. The molecule has 1 heterocycles. The van der Waals surface area contributed by atoms with E-state index in [0.717, 1.165) is 28.9 Å². The number of rotatable bonds is 7. The summed E-state index contributed by atoms with van der Waals surface area (Å²) >= 11 is 0. The number of carbonyl (C=O) groups excluding carboxylic acids is 1. The van der Waals surface area contributed by atoms with Crippen LogP contribution < -0.4 is 5.32 Å². The average Bonchev–Trinajstić information content (AvgIpc) is 3.23. The van der Waals surface area contributed by atoms with Crippen LogP contribution in [0, 0.1) is 11.8 Å². The van der Waals surface area contributed by atoms with Crippen LogP contribution in [0.3, 0.4) is 0 Å². The molecule has 0 aliphatic heterocycles. The minimum Gasteiger partial charge on any atom is -0.326 e.